The van der Waals surface area contributed by atoms with E-state index in [0.717, 1.165) is 47.5 Å². The Kier molecular flexibility index (Phi) is 7.48. The molecule has 4 rings (SSSR count). The van der Waals surface area contributed by atoms with Gasteiger partial charge in [-0.25, -0.2) is 4.98 Å². The van der Waals surface area contributed by atoms with E-state index < -0.39 is 6.04 Å². The predicted octanol–water partition coefficient (Wildman–Crippen LogP) is 3.72. The third-order valence-electron chi connectivity index (χ3n) is 5.54. The van der Waals surface area contributed by atoms with Gasteiger partial charge in [0.15, 0.2) is 5.89 Å². The summed E-state index contributed by atoms with van der Waals surface area (Å²) in [5.74, 6) is 1.55. The fourth-order valence-corrected chi connectivity index (χ4v) is 4.51. The number of nitrogens with one attached hydrogen (secondary N) is 1. The normalized spacial score (nSPS) is 20.8. The Morgan fingerprint density at radius 3 is 2.59 bits per heavy atom. The number of carbonyl (C=O) groups excluding carboxylic acids is 2. The van der Waals surface area contributed by atoms with Gasteiger partial charge in [-0.3, -0.25) is 9.59 Å². The average molecular weight is 424 g/mol. The summed E-state index contributed by atoms with van der Waals surface area (Å²) in [5, 5.41) is 2.27. The van der Waals surface area contributed by atoms with Crippen molar-refractivity contribution in [3.05, 3.63) is 47.7 Å². The molecule has 1 atom stereocenters. The van der Waals surface area contributed by atoms with Crippen LogP contribution in [0.15, 0.2) is 34.9 Å². The van der Waals surface area contributed by atoms with Crippen LogP contribution in [0.25, 0.3) is 0 Å². The molecule has 0 radical (unpaired) electrons. The van der Waals surface area contributed by atoms with Crippen LogP contribution >= 0.6 is 11.8 Å². The molecular formula is C21H25N2NaO4S. The zero-order valence-electron chi connectivity index (χ0n) is 15.9. The first-order valence-electron chi connectivity index (χ1n) is 9.71. The third-order valence-corrected chi connectivity index (χ3v) is 6.33. The van der Waals surface area contributed by atoms with E-state index >= 15 is 0 Å². The van der Waals surface area contributed by atoms with E-state index in [1.165, 1.54) is 19.3 Å². The molecule has 1 aliphatic heterocycles. The fraction of sp³-hybridized carbons (Fsp3) is 0.476. The number of amides is 1. The minimum atomic E-state index is -0.445. The molecule has 1 aromatic carbocycles. The van der Waals surface area contributed by atoms with Gasteiger partial charge in [0.2, 0.25) is 5.12 Å². The monoisotopic (exact) mass is 424 g/mol. The molecule has 29 heavy (non-hydrogen) atoms. The van der Waals surface area contributed by atoms with Crippen LogP contribution < -0.4 is 10.1 Å². The topological polar surface area (TPSA) is 81.4 Å². The van der Waals surface area contributed by atoms with Crippen molar-refractivity contribution in [1.29, 1.82) is 0 Å². The second kappa shape index (κ2) is 9.69. The quantitative estimate of drug-likeness (QED) is 0.712. The summed E-state index contributed by atoms with van der Waals surface area (Å²) in [7, 11) is 0. The molecule has 1 aliphatic carbocycles. The molecule has 150 valence electrons. The molecule has 1 saturated heterocycles. The number of nitrogens with zero attached hydrogens (tertiary/aromatic N) is 1. The summed E-state index contributed by atoms with van der Waals surface area (Å²) in [4.78, 5) is 27.6. The first kappa shape index (κ1) is 22.4. The zero-order chi connectivity index (χ0) is 19.6. The van der Waals surface area contributed by atoms with Crippen LogP contribution in [0.3, 0.4) is 0 Å². The number of hydrogen-bond acceptors (Lipinski definition) is 6. The molecule has 1 saturated carbocycles. The van der Waals surface area contributed by atoms with Crippen LogP contribution in [-0.4, -0.2) is 50.9 Å². The molecule has 1 amide bonds. The molecular weight excluding hydrogens is 399 g/mol. The van der Waals surface area contributed by atoms with E-state index in [-0.39, 0.29) is 45.3 Å². The van der Waals surface area contributed by atoms with Crippen molar-refractivity contribution in [2.24, 2.45) is 0 Å². The molecule has 2 aliphatic rings. The molecule has 2 fully saturated rings. The Morgan fingerprint density at radius 2 is 1.93 bits per heavy atom. The number of oxazole rings is 1. The Labute approximate surface area is 196 Å². The number of hydrogen-bond donors (Lipinski definition) is 1. The summed E-state index contributed by atoms with van der Waals surface area (Å²) in [6, 6.07) is 7.11. The average Bonchev–Trinajstić information content (AvgIpc) is 3.29. The first-order valence-corrected chi connectivity index (χ1v) is 10.5. The van der Waals surface area contributed by atoms with Gasteiger partial charge in [-0.05, 0) is 30.5 Å². The number of aromatic nitrogens is 1. The van der Waals surface area contributed by atoms with Crippen LogP contribution in [0.5, 0.6) is 5.75 Å². The maximum absolute atomic E-state index is 11.7. The SMILES string of the molecule is CC1(c2nc(COc3ccc(CC4NC(=O)SC4=O)cc3)co2)CCCCC1.[NaH]. The van der Waals surface area contributed by atoms with Gasteiger partial charge < -0.3 is 14.5 Å². The molecule has 6 nitrogen and oxygen atoms in total. The summed E-state index contributed by atoms with van der Waals surface area (Å²) in [5.41, 5.74) is 1.81. The van der Waals surface area contributed by atoms with Crippen molar-refractivity contribution < 1.29 is 18.7 Å². The Morgan fingerprint density at radius 1 is 1.21 bits per heavy atom. The van der Waals surface area contributed by atoms with Crippen LogP contribution in [-0.2, 0) is 23.2 Å². The van der Waals surface area contributed by atoms with E-state index in [1.54, 1.807) is 6.26 Å². The van der Waals surface area contributed by atoms with Crippen LogP contribution in [0.2, 0.25) is 0 Å². The van der Waals surface area contributed by atoms with Crippen LogP contribution in [0.4, 0.5) is 4.79 Å². The molecule has 2 aromatic rings. The van der Waals surface area contributed by atoms with E-state index in [4.69, 9.17) is 9.15 Å². The van der Waals surface area contributed by atoms with Crippen LogP contribution in [0, 0.1) is 0 Å². The third kappa shape index (κ3) is 5.45. The van der Waals surface area contributed by atoms with Gasteiger partial charge in [-0.1, -0.05) is 38.3 Å². The molecule has 1 N–H and O–H groups in total. The van der Waals surface area contributed by atoms with Gasteiger partial charge in [0.25, 0.3) is 5.24 Å². The maximum atomic E-state index is 11.7. The molecule has 0 bridgehead atoms. The Hall–Kier alpha value is -1.28. The number of carbonyl (C=O) groups is 2. The first-order chi connectivity index (χ1) is 13.5. The molecule has 0 spiro atoms. The molecule has 1 aromatic heterocycles. The summed E-state index contributed by atoms with van der Waals surface area (Å²) < 4.78 is 11.6. The van der Waals surface area contributed by atoms with Crippen molar-refractivity contribution in [1.82, 2.24) is 10.3 Å². The van der Waals surface area contributed by atoms with E-state index in [9.17, 15) is 9.59 Å². The number of thioether (sulfide) groups is 1. The van der Waals surface area contributed by atoms with Gasteiger partial charge in [-0.2, -0.15) is 0 Å². The summed E-state index contributed by atoms with van der Waals surface area (Å²) in [6.45, 7) is 2.59. The number of benzene rings is 1. The van der Waals surface area contributed by atoms with E-state index in [0.29, 0.717) is 13.0 Å². The van der Waals surface area contributed by atoms with Gasteiger partial charge in [0.05, 0.1) is 0 Å². The predicted molar refractivity (Wildman–Crippen MR) is 113 cm³/mol. The van der Waals surface area contributed by atoms with Gasteiger partial charge in [0, 0.05) is 23.6 Å². The van der Waals surface area contributed by atoms with E-state index in [2.05, 4.69) is 17.2 Å². The molecule has 8 heteroatoms. The minimum absolute atomic E-state index is 0. The molecule has 1 unspecified atom stereocenters. The Bertz CT molecular complexity index is 862. The van der Waals surface area contributed by atoms with Crippen molar-refractivity contribution in [3.63, 3.8) is 0 Å². The zero-order valence-corrected chi connectivity index (χ0v) is 16.7. The summed E-state index contributed by atoms with van der Waals surface area (Å²) >= 11 is 0.739. The van der Waals surface area contributed by atoms with Crippen molar-refractivity contribution in [3.8, 4) is 5.75 Å². The van der Waals surface area contributed by atoms with Gasteiger partial charge >= 0.3 is 29.6 Å². The standard InChI is InChI=1S/C21H24N2O4S.Na.H/c1-21(9-3-2-4-10-21)19-22-15(13-27-19)12-26-16-7-5-14(6-8-16)11-17-18(24)28-20(25)23-17;;/h5-8,13,17H,2-4,9-12H2,1H3,(H,23,25);;. The van der Waals surface area contributed by atoms with Gasteiger partial charge in [0.1, 0.15) is 30.4 Å². The van der Waals surface area contributed by atoms with Crippen molar-refractivity contribution >= 4 is 51.7 Å². The van der Waals surface area contributed by atoms with E-state index in [1.807, 2.05) is 24.3 Å². The molecule has 2 heterocycles. The van der Waals surface area contributed by atoms with Crippen molar-refractivity contribution in [2.45, 2.75) is 63.5 Å². The number of ether oxygens (including phenoxy) is 1. The second-order valence-corrected chi connectivity index (χ2v) is 8.78. The van der Waals surface area contributed by atoms with Gasteiger partial charge in [-0.15, -0.1) is 0 Å². The summed E-state index contributed by atoms with van der Waals surface area (Å²) in [6.07, 6.45) is 8.17. The second-order valence-electron chi connectivity index (χ2n) is 7.81. The van der Waals surface area contributed by atoms with Crippen molar-refractivity contribution in [2.75, 3.05) is 0 Å². The van der Waals surface area contributed by atoms with Crippen LogP contribution in [0.1, 0.15) is 56.2 Å². The fourth-order valence-electron chi connectivity index (χ4n) is 3.84. The number of rotatable bonds is 6. The Balaban J connectivity index is 0.00000240.